The number of aromatic nitrogens is 2. The first-order valence-corrected chi connectivity index (χ1v) is 6.38. The minimum Gasteiger partial charge on any atom is -0.497 e. The van der Waals surface area contributed by atoms with Gasteiger partial charge >= 0.3 is 0 Å². The van der Waals surface area contributed by atoms with Crippen molar-refractivity contribution in [3.8, 4) is 5.75 Å². The van der Waals surface area contributed by atoms with Gasteiger partial charge in [0.05, 0.1) is 19.0 Å². The Hall–Kier alpha value is -2.56. The van der Waals surface area contributed by atoms with Crippen molar-refractivity contribution in [1.29, 1.82) is 0 Å². The Morgan fingerprint density at radius 2 is 2.00 bits per heavy atom. The van der Waals surface area contributed by atoms with Crippen LogP contribution < -0.4 is 10.5 Å². The molecule has 0 saturated heterocycles. The fraction of sp³-hybridized carbons (Fsp3) is 0.200. The van der Waals surface area contributed by atoms with Crippen molar-refractivity contribution in [3.05, 3.63) is 48.0 Å². The first-order chi connectivity index (χ1) is 9.74. The summed E-state index contributed by atoms with van der Waals surface area (Å²) >= 11 is 0. The summed E-state index contributed by atoms with van der Waals surface area (Å²) in [6, 6.07) is 9.72. The number of fused-ring (bicyclic) bond motifs is 1. The van der Waals surface area contributed by atoms with Crippen LogP contribution in [0.1, 0.15) is 11.5 Å². The molecule has 0 fully saturated rings. The first kappa shape index (κ1) is 12.5. The molecular formula is C15H15N3O2. The van der Waals surface area contributed by atoms with E-state index in [2.05, 4.69) is 9.97 Å². The van der Waals surface area contributed by atoms with E-state index in [-0.39, 0.29) is 0 Å². The molecule has 102 valence electrons. The summed E-state index contributed by atoms with van der Waals surface area (Å²) in [6.07, 6.45) is 3.16. The number of hydrogen-bond donors (Lipinski definition) is 1. The molecule has 1 aromatic carbocycles. The minimum atomic E-state index is 0.579. The molecule has 0 radical (unpaired) electrons. The number of nitrogens with zero attached hydrogens (tertiary/aromatic N) is 2. The van der Waals surface area contributed by atoms with Crippen LogP contribution in [0.5, 0.6) is 5.75 Å². The highest BCUT2D eigenvalue weighted by Gasteiger charge is 2.07. The van der Waals surface area contributed by atoms with Gasteiger partial charge in [0.2, 0.25) is 0 Å². The van der Waals surface area contributed by atoms with Crippen molar-refractivity contribution in [2.45, 2.75) is 12.8 Å². The molecule has 0 aliphatic heterocycles. The van der Waals surface area contributed by atoms with Gasteiger partial charge in [-0.05, 0) is 24.1 Å². The van der Waals surface area contributed by atoms with Gasteiger partial charge in [-0.25, -0.2) is 4.98 Å². The van der Waals surface area contributed by atoms with Crippen LogP contribution in [0.2, 0.25) is 0 Å². The van der Waals surface area contributed by atoms with Crippen molar-refractivity contribution in [3.63, 3.8) is 0 Å². The molecule has 0 amide bonds. The highest BCUT2D eigenvalue weighted by molar-refractivity contribution is 5.71. The molecule has 0 atom stereocenters. The van der Waals surface area contributed by atoms with Gasteiger partial charge in [-0.15, -0.1) is 0 Å². The number of oxazole rings is 1. The van der Waals surface area contributed by atoms with E-state index < -0.39 is 0 Å². The molecule has 2 aromatic heterocycles. The third kappa shape index (κ3) is 2.56. The van der Waals surface area contributed by atoms with Crippen molar-refractivity contribution in [2.75, 3.05) is 12.8 Å². The molecule has 0 aliphatic rings. The lowest BCUT2D eigenvalue weighted by molar-refractivity contribution is 0.414. The number of pyridine rings is 1. The number of nitrogen functional groups attached to an aromatic ring is 1. The number of methoxy groups -OCH3 is 1. The molecule has 0 bridgehead atoms. The summed E-state index contributed by atoms with van der Waals surface area (Å²) in [7, 11) is 1.66. The molecule has 0 spiro atoms. The van der Waals surface area contributed by atoms with E-state index in [1.54, 1.807) is 19.4 Å². The van der Waals surface area contributed by atoms with Crippen molar-refractivity contribution >= 4 is 16.9 Å². The number of hydrogen-bond acceptors (Lipinski definition) is 5. The smallest absolute Gasteiger partial charge is 0.198 e. The molecule has 5 nitrogen and oxygen atoms in total. The summed E-state index contributed by atoms with van der Waals surface area (Å²) in [5.74, 6) is 1.53. The van der Waals surface area contributed by atoms with Gasteiger partial charge in [-0.1, -0.05) is 12.1 Å². The molecule has 5 heteroatoms. The van der Waals surface area contributed by atoms with Gasteiger partial charge in [-0.3, -0.25) is 0 Å². The first-order valence-electron chi connectivity index (χ1n) is 6.38. The third-order valence-corrected chi connectivity index (χ3v) is 3.10. The number of aryl methyl sites for hydroxylation is 2. The van der Waals surface area contributed by atoms with Gasteiger partial charge < -0.3 is 14.9 Å². The Morgan fingerprint density at radius 1 is 1.20 bits per heavy atom. The molecular weight excluding hydrogens is 254 g/mol. The Labute approximate surface area is 116 Å². The van der Waals surface area contributed by atoms with E-state index in [4.69, 9.17) is 14.9 Å². The maximum Gasteiger partial charge on any atom is 0.198 e. The number of ether oxygens (including phenoxy) is 1. The minimum absolute atomic E-state index is 0.579. The van der Waals surface area contributed by atoms with Gasteiger partial charge in [-0.2, -0.15) is 4.98 Å². The predicted octanol–water partition coefficient (Wildman–Crippen LogP) is 2.60. The second-order valence-corrected chi connectivity index (χ2v) is 4.55. The van der Waals surface area contributed by atoms with Crippen LogP contribution in [0.3, 0.4) is 0 Å². The zero-order valence-corrected chi connectivity index (χ0v) is 11.2. The van der Waals surface area contributed by atoms with E-state index in [0.717, 1.165) is 18.6 Å². The molecule has 0 saturated carbocycles. The molecule has 2 heterocycles. The highest BCUT2D eigenvalue weighted by Crippen LogP contribution is 2.18. The van der Waals surface area contributed by atoms with Crippen LogP contribution in [-0.2, 0) is 12.8 Å². The van der Waals surface area contributed by atoms with Crippen molar-refractivity contribution in [1.82, 2.24) is 9.97 Å². The lowest BCUT2D eigenvalue weighted by atomic mass is 10.1. The summed E-state index contributed by atoms with van der Waals surface area (Å²) in [5, 5.41) is 0. The van der Waals surface area contributed by atoms with E-state index in [0.29, 0.717) is 22.8 Å². The maximum atomic E-state index is 5.66. The van der Waals surface area contributed by atoms with Gasteiger partial charge in [0.25, 0.3) is 0 Å². The molecule has 3 rings (SSSR count). The third-order valence-electron chi connectivity index (χ3n) is 3.10. The zero-order valence-electron chi connectivity index (χ0n) is 11.2. The molecule has 0 aliphatic carbocycles. The molecule has 2 N–H and O–H groups in total. The van der Waals surface area contributed by atoms with Gasteiger partial charge in [0, 0.05) is 12.5 Å². The van der Waals surface area contributed by atoms with E-state index in [1.165, 1.54) is 5.56 Å². The predicted molar refractivity (Wildman–Crippen MR) is 76.6 cm³/mol. The fourth-order valence-electron chi connectivity index (χ4n) is 2.03. The fourth-order valence-corrected chi connectivity index (χ4v) is 2.03. The van der Waals surface area contributed by atoms with Crippen LogP contribution >= 0.6 is 0 Å². The monoisotopic (exact) mass is 269 g/mol. The summed E-state index contributed by atoms with van der Waals surface area (Å²) in [5.41, 5.74) is 8.69. The Bertz CT molecular complexity index is 720. The van der Waals surface area contributed by atoms with Gasteiger partial charge in [0.1, 0.15) is 5.75 Å². The number of benzene rings is 1. The second kappa shape index (κ2) is 5.21. The topological polar surface area (TPSA) is 74.2 Å². The van der Waals surface area contributed by atoms with Crippen LogP contribution in [0, 0.1) is 0 Å². The van der Waals surface area contributed by atoms with E-state index in [1.807, 2.05) is 24.3 Å². The molecule has 3 aromatic rings. The SMILES string of the molecule is COc1ccc(CCc2nc3ncc(N)cc3o2)cc1. The van der Waals surface area contributed by atoms with Crippen LogP contribution in [0.25, 0.3) is 11.2 Å². The molecule has 0 unspecified atom stereocenters. The second-order valence-electron chi connectivity index (χ2n) is 4.55. The maximum absolute atomic E-state index is 5.66. The zero-order chi connectivity index (χ0) is 13.9. The summed E-state index contributed by atoms with van der Waals surface area (Å²) in [4.78, 5) is 8.48. The van der Waals surface area contributed by atoms with Gasteiger partial charge in [0.15, 0.2) is 17.1 Å². The molecule has 20 heavy (non-hydrogen) atoms. The largest absolute Gasteiger partial charge is 0.497 e. The quantitative estimate of drug-likeness (QED) is 0.788. The number of nitrogens with two attached hydrogens (primary N) is 1. The normalized spacial score (nSPS) is 10.8. The lowest BCUT2D eigenvalue weighted by Gasteiger charge is -2.01. The average Bonchev–Trinajstić information content (AvgIpc) is 2.87. The number of rotatable bonds is 4. The Balaban J connectivity index is 1.72. The van der Waals surface area contributed by atoms with Crippen LogP contribution in [0.4, 0.5) is 5.69 Å². The van der Waals surface area contributed by atoms with Crippen LogP contribution in [0.15, 0.2) is 40.9 Å². The number of anilines is 1. The summed E-state index contributed by atoms with van der Waals surface area (Å²) in [6.45, 7) is 0. The summed E-state index contributed by atoms with van der Waals surface area (Å²) < 4.78 is 10.8. The standard InChI is InChI=1S/C15H15N3O2/c1-19-12-5-2-10(3-6-12)4-7-14-18-15-13(20-14)8-11(16)9-17-15/h2-3,5-6,8-9H,4,7,16H2,1H3. The van der Waals surface area contributed by atoms with Crippen LogP contribution in [-0.4, -0.2) is 17.1 Å². The lowest BCUT2D eigenvalue weighted by Crippen LogP contribution is -1.92. The van der Waals surface area contributed by atoms with E-state index >= 15 is 0 Å². The highest BCUT2D eigenvalue weighted by atomic mass is 16.5. The van der Waals surface area contributed by atoms with Crippen molar-refractivity contribution in [2.24, 2.45) is 0 Å². The Morgan fingerprint density at radius 3 is 2.75 bits per heavy atom. The Kier molecular flexibility index (Phi) is 3.25. The average molecular weight is 269 g/mol. The van der Waals surface area contributed by atoms with Crippen molar-refractivity contribution < 1.29 is 9.15 Å². The van der Waals surface area contributed by atoms with E-state index in [9.17, 15) is 0 Å².